The minimum Gasteiger partial charge on any atom is -0.497 e. The van der Waals surface area contributed by atoms with Gasteiger partial charge in [-0.1, -0.05) is 31.7 Å². The van der Waals surface area contributed by atoms with Crippen LogP contribution in [-0.4, -0.2) is 81.0 Å². The number of methoxy groups -OCH3 is 1. The molecule has 30 heavy (non-hydrogen) atoms. The summed E-state index contributed by atoms with van der Waals surface area (Å²) < 4.78 is 11.4. The van der Waals surface area contributed by atoms with Gasteiger partial charge in [-0.3, -0.25) is 4.90 Å². The maximum atomic E-state index is 10.5. The molecule has 6 nitrogen and oxygen atoms in total. The molecule has 1 unspecified atom stereocenters. The van der Waals surface area contributed by atoms with Gasteiger partial charge in [0.1, 0.15) is 24.2 Å². The summed E-state index contributed by atoms with van der Waals surface area (Å²) in [4.78, 5) is 4.63. The number of hydrogen-bond acceptors (Lipinski definition) is 6. The standard InChI is InChI=1S/C24H41N3O3/c1-26-12-14-27(15-13-26)18-22(28)19-30-24-16-23(29-2)10-9-21(24)17-25-11-5-8-20-6-3-4-7-20/h9-10,16,20,22,25,28H,3-8,11-15,17-19H2,1-2H3. The van der Waals surface area contributed by atoms with E-state index in [0.717, 1.165) is 62.2 Å². The first-order chi connectivity index (χ1) is 14.6. The summed E-state index contributed by atoms with van der Waals surface area (Å²) in [6.07, 6.45) is 7.78. The van der Waals surface area contributed by atoms with Crippen LogP contribution in [0, 0.1) is 5.92 Å². The SMILES string of the molecule is COc1ccc(CNCCCC2CCCC2)c(OCC(O)CN2CCN(C)CC2)c1. The Morgan fingerprint density at radius 2 is 1.93 bits per heavy atom. The van der Waals surface area contributed by atoms with Crippen molar-refractivity contribution in [2.75, 3.05) is 60.0 Å². The van der Waals surface area contributed by atoms with Crippen LogP contribution in [0.3, 0.4) is 0 Å². The summed E-state index contributed by atoms with van der Waals surface area (Å²) >= 11 is 0. The predicted octanol–water partition coefficient (Wildman–Crippen LogP) is 2.74. The summed E-state index contributed by atoms with van der Waals surface area (Å²) in [5, 5.41) is 14.0. The summed E-state index contributed by atoms with van der Waals surface area (Å²) in [5.74, 6) is 2.53. The van der Waals surface area contributed by atoms with Crippen LogP contribution in [0.15, 0.2) is 18.2 Å². The van der Waals surface area contributed by atoms with Gasteiger partial charge in [0.25, 0.3) is 0 Å². The smallest absolute Gasteiger partial charge is 0.127 e. The van der Waals surface area contributed by atoms with Crippen LogP contribution >= 0.6 is 0 Å². The molecule has 1 saturated carbocycles. The fourth-order valence-electron chi connectivity index (χ4n) is 4.55. The minimum absolute atomic E-state index is 0.300. The molecule has 2 aliphatic rings. The van der Waals surface area contributed by atoms with Crippen LogP contribution in [0.4, 0.5) is 0 Å². The third-order valence-electron chi connectivity index (χ3n) is 6.53. The second-order valence-corrected chi connectivity index (χ2v) is 9.01. The van der Waals surface area contributed by atoms with E-state index >= 15 is 0 Å². The Hall–Kier alpha value is -1.34. The Morgan fingerprint density at radius 1 is 1.17 bits per heavy atom. The Balaban J connectivity index is 1.42. The summed E-state index contributed by atoms with van der Waals surface area (Å²) in [6.45, 7) is 6.89. The van der Waals surface area contributed by atoms with E-state index in [2.05, 4.69) is 28.2 Å². The third kappa shape index (κ3) is 7.73. The first kappa shape index (κ1) is 23.3. The number of aliphatic hydroxyl groups excluding tert-OH is 1. The van der Waals surface area contributed by atoms with Crippen LogP contribution < -0.4 is 14.8 Å². The first-order valence-corrected chi connectivity index (χ1v) is 11.7. The largest absolute Gasteiger partial charge is 0.497 e. The lowest BCUT2D eigenvalue weighted by molar-refractivity contribution is 0.0501. The number of aliphatic hydroxyl groups is 1. The van der Waals surface area contributed by atoms with Gasteiger partial charge in [0, 0.05) is 50.9 Å². The molecule has 1 aromatic rings. The zero-order valence-electron chi connectivity index (χ0n) is 18.9. The molecular weight excluding hydrogens is 378 g/mol. The molecule has 0 bridgehead atoms. The van der Waals surface area contributed by atoms with Crippen molar-refractivity contribution in [3.63, 3.8) is 0 Å². The van der Waals surface area contributed by atoms with Crippen LogP contribution in [0.2, 0.25) is 0 Å². The van der Waals surface area contributed by atoms with Crippen molar-refractivity contribution in [3.05, 3.63) is 23.8 Å². The highest BCUT2D eigenvalue weighted by Crippen LogP contribution is 2.28. The molecular formula is C24H41N3O3. The first-order valence-electron chi connectivity index (χ1n) is 11.7. The number of likely N-dealkylation sites (N-methyl/N-ethyl adjacent to an activating group) is 1. The lowest BCUT2D eigenvalue weighted by Crippen LogP contribution is -2.47. The van der Waals surface area contributed by atoms with Crippen molar-refractivity contribution < 1.29 is 14.6 Å². The van der Waals surface area contributed by atoms with E-state index in [0.29, 0.717) is 13.2 Å². The lowest BCUT2D eigenvalue weighted by atomic mass is 10.0. The maximum Gasteiger partial charge on any atom is 0.127 e. The molecule has 3 rings (SSSR count). The van der Waals surface area contributed by atoms with E-state index in [9.17, 15) is 5.11 Å². The molecule has 1 atom stereocenters. The monoisotopic (exact) mass is 419 g/mol. The van der Waals surface area contributed by atoms with Crippen LogP contribution in [0.25, 0.3) is 0 Å². The highest BCUT2D eigenvalue weighted by atomic mass is 16.5. The number of β-amino-alcohol motifs (C(OH)–C–C–N with tert-alkyl or cyclic N) is 1. The molecule has 0 radical (unpaired) electrons. The summed E-state index contributed by atoms with van der Waals surface area (Å²) in [6, 6.07) is 5.96. The highest BCUT2D eigenvalue weighted by Gasteiger charge is 2.18. The molecule has 1 aliphatic carbocycles. The number of piperazine rings is 1. The van der Waals surface area contributed by atoms with Gasteiger partial charge in [-0.25, -0.2) is 0 Å². The average Bonchev–Trinajstić information content (AvgIpc) is 3.27. The normalized spacial score (nSPS) is 19.8. The van der Waals surface area contributed by atoms with Crippen molar-refractivity contribution in [1.29, 1.82) is 0 Å². The maximum absolute atomic E-state index is 10.5. The number of nitrogens with zero attached hydrogens (tertiary/aromatic N) is 2. The van der Waals surface area contributed by atoms with Gasteiger partial charge in [-0.15, -0.1) is 0 Å². The van der Waals surface area contributed by atoms with Gasteiger partial charge in [-0.05, 0) is 38.4 Å². The number of hydrogen-bond donors (Lipinski definition) is 2. The molecule has 6 heteroatoms. The van der Waals surface area contributed by atoms with Gasteiger partial charge in [-0.2, -0.15) is 0 Å². The Kier molecular flexibility index (Phi) is 9.72. The van der Waals surface area contributed by atoms with Crippen LogP contribution in [0.5, 0.6) is 11.5 Å². The van der Waals surface area contributed by atoms with E-state index in [1.807, 2.05) is 12.1 Å². The van der Waals surface area contributed by atoms with Crippen molar-refractivity contribution in [3.8, 4) is 11.5 Å². The quantitative estimate of drug-likeness (QED) is 0.508. The molecule has 170 valence electrons. The Labute approximate surface area is 182 Å². The zero-order valence-corrected chi connectivity index (χ0v) is 18.9. The predicted molar refractivity (Wildman–Crippen MR) is 121 cm³/mol. The number of ether oxygens (including phenoxy) is 2. The third-order valence-corrected chi connectivity index (χ3v) is 6.53. The Bertz CT molecular complexity index is 614. The molecule has 1 aromatic carbocycles. The number of nitrogens with one attached hydrogen (secondary N) is 1. The molecule has 2 fully saturated rings. The van der Waals surface area contributed by atoms with Gasteiger partial charge in [0.2, 0.25) is 0 Å². The molecule has 1 saturated heterocycles. The second-order valence-electron chi connectivity index (χ2n) is 9.01. The van der Waals surface area contributed by atoms with Gasteiger partial charge >= 0.3 is 0 Å². The number of benzene rings is 1. The number of rotatable bonds is 12. The molecule has 0 spiro atoms. The van der Waals surface area contributed by atoms with E-state index in [1.165, 1.54) is 38.5 Å². The molecule has 1 heterocycles. The average molecular weight is 420 g/mol. The summed E-state index contributed by atoms with van der Waals surface area (Å²) in [7, 11) is 3.81. The van der Waals surface area contributed by atoms with Crippen LogP contribution in [0.1, 0.15) is 44.1 Å². The van der Waals surface area contributed by atoms with Crippen molar-refractivity contribution in [2.45, 2.75) is 51.2 Å². The zero-order chi connectivity index (χ0) is 21.2. The van der Waals surface area contributed by atoms with E-state index in [-0.39, 0.29) is 0 Å². The van der Waals surface area contributed by atoms with E-state index in [4.69, 9.17) is 9.47 Å². The molecule has 1 aliphatic heterocycles. The van der Waals surface area contributed by atoms with E-state index < -0.39 is 6.10 Å². The fourth-order valence-corrected chi connectivity index (χ4v) is 4.55. The van der Waals surface area contributed by atoms with Gasteiger partial charge < -0.3 is 24.8 Å². The second kappa shape index (κ2) is 12.5. The minimum atomic E-state index is -0.494. The highest BCUT2D eigenvalue weighted by molar-refractivity contribution is 5.40. The van der Waals surface area contributed by atoms with E-state index in [1.54, 1.807) is 7.11 Å². The van der Waals surface area contributed by atoms with Crippen molar-refractivity contribution in [2.24, 2.45) is 5.92 Å². The molecule has 2 N–H and O–H groups in total. The lowest BCUT2D eigenvalue weighted by Gasteiger charge is -2.33. The van der Waals surface area contributed by atoms with Crippen molar-refractivity contribution in [1.82, 2.24) is 15.1 Å². The Morgan fingerprint density at radius 3 is 2.67 bits per heavy atom. The van der Waals surface area contributed by atoms with Crippen molar-refractivity contribution >= 4 is 0 Å². The fraction of sp³-hybridized carbons (Fsp3) is 0.750. The topological polar surface area (TPSA) is 57.2 Å². The van der Waals surface area contributed by atoms with Gasteiger partial charge in [0.05, 0.1) is 7.11 Å². The summed E-state index contributed by atoms with van der Waals surface area (Å²) in [5.41, 5.74) is 1.11. The molecule has 0 aromatic heterocycles. The molecule has 0 amide bonds. The van der Waals surface area contributed by atoms with Gasteiger partial charge in [0.15, 0.2) is 0 Å². The van der Waals surface area contributed by atoms with Crippen LogP contribution in [-0.2, 0) is 6.54 Å².